The van der Waals surface area contributed by atoms with Crippen molar-refractivity contribution in [3.63, 3.8) is 0 Å². The van der Waals surface area contributed by atoms with E-state index in [0.717, 1.165) is 45.0 Å². The zero-order valence-corrected chi connectivity index (χ0v) is 16.8. The molecule has 128 valence electrons. The molecule has 2 aromatic rings. The molecule has 0 aliphatic heterocycles. The Balaban J connectivity index is 0.00000264. The van der Waals surface area contributed by atoms with E-state index < -0.39 is 0 Å². The first kappa shape index (κ1) is 19.9. The number of guanidine groups is 1. The van der Waals surface area contributed by atoms with E-state index in [1.54, 1.807) is 17.5 Å². The van der Waals surface area contributed by atoms with E-state index in [9.17, 15) is 0 Å². The van der Waals surface area contributed by atoms with Gasteiger partial charge in [0.2, 0.25) is 0 Å². The summed E-state index contributed by atoms with van der Waals surface area (Å²) in [5.74, 6) is 0.876. The van der Waals surface area contributed by atoms with Crippen molar-refractivity contribution in [3.05, 3.63) is 34.8 Å². The maximum atomic E-state index is 4.59. The molecule has 8 heteroatoms. The predicted octanol–water partition coefficient (Wildman–Crippen LogP) is 2.45. The van der Waals surface area contributed by atoms with Crippen LogP contribution >= 0.6 is 35.3 Å². The number of imidazole rings is 1. The summed E-state index contributed by atoms with van der Waals surface area (Å²) in [7, 11) is 0. The molecular weight excluding hydrogens is 423 g/mol. The normalized spacial score (nSPS) is 11.1. The molecule has 2 heterocycles. The number of halogens is 1. The smallest absolute Gasteiger partial charge is 0.191 e. The third-order valence-corrected chi connectivity index (χ3v) is 4.02. The van der Waals surface area contributed by atoms with Crippen LogP contribution in [0.25, 0.3) is 0 Å². The van der Waals surface area contributed by atoms with Gasteiger partial charge in [0.15, 0.2) is 5.96 Å². The van der Waals surface area contributed by atoms with Crippen molar-refractivity contribution in [1.82, 2.24) is 25.2 Å². The van der Waals surface area contributed by atoms with E-state index >= 15 is 0 Å². The Hall–Kier alpha value is -1.16. The summed E-state index contributed by atoms with van der Waals surface area (Å²) in [6.07, 6.45) is 9.47. The fraction of sp³-hybridized carbons (Fsp3) is 0.533. The van der Waals surface area contributed by atoms with E-state index in [4.69, 9.17) is 0 Å². The molecular formula is C15H25IN6S. The Morgan fingerprint density at radius 3 is 2.91 bits per heavy atom. The number of hydrogen-bond donors (Lipinski definition) is 2. The third-order valence-electron chi connectivity index (χ3n) is 3.05. The van der Waals surface area contributed by atoms with Crippen LogP contribution in [0.1, 0.15) is 23.2 Å². The molecule has 0 spiro atoms. The minimum atomic E-state index is 0. The highest BCUT2D eigenvalue weighted by Crippen LogP contribution is 2.10. The second-order valence-corrected chi connectivity index (χ2v) is 6.28. The van der Waals surface area contributed by atoms with Crippen LogP contribution in [0.2, 0.25) is 0 Å². The largest absolute Gasteiger partial charge is 0.357 e. The van der Waals surface area contributed by atoms with Crippen molar-refractivity contribution >= 4 is 41.3 Å². The molecule has 2 aromatic heterocycles. The van der Waals surface area contributed by atoms with E-state index in [-0.39, 0.29) is 24.0 Å². The van der Waals surface area contributed by atoms with Gasteiger partial charge >= 0.3 is 0 Å². The highest BCUT2D eigenvalue weighted by Gasteiger charge is 2.00. The number of aliphatic imine (C=N–C) groups is 1. The molecule has 0 radical (unpaired) electrons. The van der Waals surface area contributed by atoms with Gasteiger partial charge in [0.25, 0.3) is 0 Å². The molecule has 0 saturated heterocycles. The minimum Gasteiger partial charge on any atom is -0.357 e. The molecule has 2 N–H and O–H groups in total. The van der Waals surface area contributed by atoms with Crippen LogP contribution in [0, 0.1) is 6.92 Å². The average Bonchev–Trinajstić information content (AvgIpc) is 3.15. The Morgan fingerprint density at radius 2 is 2.26 bits per heavy atom. The summed E-state index contributed by atoms with van der Waals surface area (Å²) in [6.45, 7) is 7.61. The summed E-state index contributed by atoms with van der Waals surface area (Å²) in [5.41, 5.74) is 0. The van der Waals surface area contributed by atoms with Gasteiger partial charge in [-0.25, -0.2) is 9.97 Å². The van der Waals surface area contributed by atoms with Gasteiger partial charge in [0, 0.05) is 56.1 Å². The number of thiazole rings is 1. The van der Waals surface area contributed by atoms with Crippen LogP contribution in [-0.4, -0.2) is 40.1 Å². The molecule has 0 aliphatic rings. The zero-order chi connectivity index (χ0) is 15.6. The van der Waals surface area contributed by atoms with Gasteiger partial charge in [-0.2, -0.15) is 0 Å². The fourth-order valence-corrected chi connectivity index (χ4v) is 2.80. The van der Waals surface area contributed by atoms with E-state index in [1.807, 2.05) is 18.7 Å². The molecule has 6 nitrogen and oxygen atoms in total. The SMILES string of the molecule is CCNC(=NCCCn1ccnc1)NCCc1ncc(C)s1.I. The average molecular weight is 448 g/mol. The maximum Gasteiger partial charge on any atom is 0.191 e. The fourth-order valence-electron chi connectivity index (χ4n) is 2.01. The molecule has 0 bridgehead atoms. The lowest BCUT2D eigenvalue weighted by Gasteiger charge is -2.10. The number of nitrogens with one attached hydrogen (secondary N) is 2. The Bertz CT molecular complexity index is 566. The van der Waals surface area contributed by atoms with Crippen molar-refractivity contribution in [2.45, 2.75) is 33.2 Å². The first-order valence-electron chi connectivity index (χ1n) is 7.67. The van der Waals surface area contributed by atoms with E-state index in [0.29, 0.717) is 0 Å². The van der Waals surface area contributed by atoms with Crippen molar-refractivity contribution in [1.29, 1.82) is 0 Å². The first-order valence-corrected chi connectivity index (χ1v) is 8.49. The molecule has 0 unspecified atom stereocenters. The summed E-state index contributed by atoms with van der Waals surface area (Å²) in [5, 5.41) is 7.80. The summed E-state index contributed by atoms with van der Waals surface area (Å²) in [6, 6.07) is 0. The van der Waals surface area contributed by atoms with Crippen LogP contribution in [0.4, 0.5) is 0 Å². The topological polar surface area (TPSA) is 67.1 Å². The highest BCUT2D eigenvalue weighted by molar-refractivity contribution is 14.0. The van der Waals surface area contributed by atoms with Gasteiger partial charge in [0.1, 0.15) is 0 Å². The summed E-state index contributed by atoms with van der Waals surface area (Å²) >= 11 is 1.75. The lowest BCUT2D eigenvalue weighted by Crippen LogP contribution is -2.38. The molecule has 0 amide bonds. The molecule has 0 fully saturated rings. The number of rotatable bonds is 8. The van der Waals surface area contributed by atoms with Crippen LogP contribution in [0.3, 0.4) is 0 Å². The van der Waals surface area contributed by atoms with Gasteiger partial charge in [-0.1, -0.05) is 0 Å². The molecule has 23 heavy (non-hydrogen) atoms. The van der Waals surface area contributed by atoms with Crippen molar-refractivity contribution in [3.8, 4) is 0 Å². The Labute approximate surface area is 158 Å². The molecule has 0 aromatic carbocycles. The zero-order valence-electron chi connectivity index (χ0n) is 13.7. The monoisotopic (exact) mass is 448 g/mol. The number of nitrogens with zero attached hydrogens (tertiary/aromatic N) is 4. The molecule has 0 atom stereocenters. The summed E-state index contributed by atoms with van der Waals surface area (Å²) in [4.78, 5) is 14.3. The minimum absolute atomic E-state index is 0. The molecule has 0 saturated carbocycles. The van der Waals surface area contributed by atoms with Crippen LogP contribution in [0.5, 0.6) is 0 Å². The van der Waals surface area contributed by atoms with E-state index in [1.165, 1.54) is 9.88 Å². The van der Waals surface area contributed by atoms with Crippen molar-refractivity contribution < 1.29 is 0 Å². The van der Waals surface area contributed by atoms with Crippen LogP contribution in [-0.2, 0) is 13.0 Å². The second kappa shape index (κ2) is 11.4. The maximum absolute atomic E-state index is 4.59. The predicted molar refractivity (Wildman–Crippen MR) is 107 cm³/mol. The van der Waals surface area contributed by atoms with Crippen LogP contribution < -0.4 is 10.6 Å². The highest BCUT2D eigenvalue weighted by atomic mass is 127. The standard InChI is InChI=1S/C15H24N6S.HI/c1-3-17-15(18-6-4-9-21-10-8-16-12-21)19-7-5-14-20-11-13(2)22-14;/h8,10-12H,3-7,9H2,1-2H3,(H2,17,18,19);1H. The van der Waals surface area contributed by atoms with E-state index in [2.05, 4.69) is 44.0 Å². The number of aryl methyl sites for hydroxylation is 2. The van der Waals surface area contributed by atoms with Gasteiger partial charge in [0.05, 0.1) is 11.3 Å². The van der Waals surface area contributed by atoms with Gasteiger partial charge in [-0.15, -0.1) is 35.3 Å². The number of aromatic nitrogens is 3. The Kier molecular flexibility index (Phi) is 9.85. The van der Waals surface area contributed by atoms with Gasteiger partial charge in [-0.3, -0.25) is 4.99 Å². The third kappa shape index (κ3) is 7.78. The lowest BCUT2D eigenvalue weighted by atomic mass is 10.4. The molecule has 0 aliphatic carbocycles. The van der Waals surface area contributed by atoms with Gasteiger partial charge < -0.3 is 15.2 Å². The summed E-state index contributed by atoms with van der Waals surface area (Å²) < 4.78 is 2.07. The lowest BCUT2D eigenvalue weighted by molar-refractivity contribution is 0.647. The Morgan fingerprint density at radius 1 is 1.39 bits per heavy atom. The van der Waals surface area contributed by atoms with Gasteiger partial charge in [-0.05, 0) is 20.3 Å². The van der Waals surface area contributed by atoms with Crippen molar-refractivity contribution in [2.75, 3.05) is 19.6 Å². The quantitative estimate of drug-likeness (QED) is 0.282. The number of hydrogen-bond acceptors (Lipinski definition) is 4. The first-order chi connectivity index (χ1) is 10.8. The van der Waals surface area contributed by atoms with Crippen molar-refractivity contribution in [2.24, 2.45) is 4.99 Å². The molecule has 2 rings (SSSR count). The second-order valence-electron chi connectivity index (χ2n) is 4.96. The van der Waals surface area contributed by atoms with Crippen LogP contribution in [0.15, 0.2) is 29.9 Å².